The first-order chi connectivity index (χ1) is 7.35. The van der Waals surface area contributed by atoms with E-state index in [1.165, 1.54) is 19.4 Å². The minimum absolute atomic E-state index is 0.681. The molecule has 0 aromatic carbocycles. The molecule has 0 bridgehead atoms. The Bertz CT molecular complexity index is 270. The summed E-state index contributed by atoms with van der Waals surface area (Å²) in [5.74, 6) is 0. The van der Waals surface area contributed by atoms with E-state index in [-0.39, 0.29) is 0 Å². The Morgan fingerprint density at radius 2 is 1.88 bits per heavy atom. The number of rotatable bonds is 1. The molecule has 0 saturated carbocycles. The van der Waals surface area contributed by atoms with E-state index in [0.29, 0.717) is 6.04 Å². The molecule has 1 aliphatic heterocycles. The minimum atomic E-state index is -3.17. The van der Waals surface area contributed by atoms with Crippen LogP contribution in [0.4, 0.5) is 0 Å². The first-order valence-electron chi connectivity index (χ1n) is 5.26. The maximum absolute atomic E-state index is 9.41. The van der Waals surface area contributed by atoms with Gasteiger partial charge in [0.15, 0.2) is 0 Å². The quantitative estimate of drug-likeness (QED) is 0.689. The van der Waals surface area contributed by atoms with Gasteiger partial charge in [-0.25, -0.2) is 13.6 Å². The van der Waals surface area contributed by atoms with Gasteiger partial charge in [-0.05, 0) is 33.2 Å². The highest BCUT2D eigenvalue weighted by Gasteiger charge is 2.08. The molecule has 0 radical (unpaired) electrons. The van der Waals surface area contributed by atoms with E-state index in [9.17, 15) is 8.42 Å². The van der Waals surface area contributed by atoms with Gasteiger partial charge in [-0.3, -0.25) is 0 Å². The van der Waals surface area contributed by atoms with E-state index < -0.39 is 10.0 Å². The van der Waals surface area contributed by atoms with E-state index in [0.717, 1.165) is 6.26 Å². The van der Waals surface area contributed by atoms with Crippen LogP contribution in [0.2, 0.25) is 0 Å². The van der Waals surface area contributed by atoms with E-state index in [4.69, 9.17) is 0 Å². The summed E-state index contributed by atoms with van der Waals surface area (Å²) in [6.07, 6.45) is 9.70. The summed E-state index contributed by atoms with van der Waals surface area (Å²) in [5.41, 5.74) is 0. The van der Waals surface area contributed by atoms with Gasteiger partial charge >= 0.3 is 0 Å². The van der Waals surface area contributed by atoms with Crippen LogP contribution in [-0.4, -0.2) is 27.3 Å². The van der Waals surface area contributed by atoms with Gasteiger partial charge in [0.25, 0.3) is 0 Å². The zero-order valence-electron chi connectivity index (χ0n) is 10.4. The lowest BCUT2D eigenvalue weighted by atomic mass is 10.2. The standard InChI is InChI=1S/C7H13N.C3H6.CH5NO2S/c1-2-4-7-5-3-6-8-7;1-3-2;1-5(2,3)4/h2,4,7-8H,3,5-6H2,1H3;3H,1H2,2H3;1H3,(H2,2,3,4)/b4-2+;;. The number of sulfonamides is 1. The Morgan fingerprint density at radius 3 is 2.12 bits per heavy atom. The van der Waals surface area contributed by atoms with Crippen molar-refractivity contribution in [2.24, 2.45) is 5.14 Å². The van der Waals surface area contributed by atoms with Gasteiger partial charge in [0.1, 0.15) is 0 Å². The summed E-state index contributed by atoms with van der Waals surface area (Å²) in [6, 6.07) is 0.681. The summed E-state index contributed by atoms with van der Waals surface area (Å²) >= 11 is 0. The lowest BCUT2D eigenvalue weighted by molar-refractivity contribution is 0.603. The highest BCUT2D eigenvalue weighted by atomic mass is 32.2. The average Bonchev–Trinajstić information content (AvgIpc) is 2.55. The smallest absolute Gasteiger partial charge is 0.206 e. The number of allylic oxidation sites excluding steroid dienone is 2. The van der Waals surface area contributed by atoms with Gasteiger partial charge in [-0.2, -0.15) is 0 Å². The summed E-state index contributed by atoms with van der Waals surface area (Å²) in [4.78, 5) is 0. The molecule has 1 saturated heterocycles. The number of hydrogen-bond donors (Lipinski definition) is 2. The first kappa shape index (κ1) is 17.7. The Morgan fingerprint density at radius 1 is 1.44 bits per heavy atom. The molecule has 96 valence electrons. The molecular weight excluding hydrogens is 224 g/mol. The third-order valence-electron chi connectivity index (χ3n) is 1.52. The van der Waals surface area contributed by atoms with Crippen LogP contribution < -0.4 is 10.5 Å². The fourth-order valence-corrected chi connectivity index (χ4v) is 1.11. The maximum Gasteiger partial charge on any atom is 0.206 e. The number of nitrogens with one attached hydrogen (secondary N) is 1. The summed E-state index contributed by atoms with van der Waals surface area (Å²) in [7, 11) is -3.17. The molecule has 3 N–H and O–H groups in total. The largest absolute Gasteiger partial charge is 0.311 e. The van der Waals surface area contributed by atoms with Crippen molar-refractivity contribution in [3.05, 3.63) is 24.8 Å². The second-order valence-electron chi connectivity index (χ2n) is 3.47. The van der Waals surface area contributed by atoms with Gasteiger partial charge in [-0.15, -0.1) is 6.58 Å². The third-order valence-corrected chi connectivity index (χ3v) is 1.52. The Hall–Kier alpha value is -0.650. The molecule has 5 heteroatoms. The monoisotopic (exact) mass is 248 g/mol. The molecule has 1 rings (SSSR count). The zero-order valence-corrected chi connectivity index (χ0v) is 11.3. The van der Waals surface area contributed by atoms with E-state index >= 15 is 0 Å². The lowest BCUT2D eigenvalue weighted by Gasteiger charge is -1.99. The van der Waals surface area contributed by atoms with Crippen LogP contribution in [0, 0.1) is 0 Å². The first-order valence-corrected chi connectivity index (χ1v) is 7.21. The van der Waals surface area contributed by atoms with Crippen LogP contribution >= 0.6 is 0 Å². The molecule has 0 aliphatic carbocycles. The second-order valence-corrected chi connectivity index (χ2v) is 5.13. The van der Waals surface area contributed by atoms with Crippen LogP contribution in [-0.2, 0) is 10.0 Å². The Kier molecular flexibility index (Phi) is 12.0. The highest BCUT2D eigenvalue weighted by molar-refractivity contribution is 7.88. The Balaban J connectivity index is 0. The van der Waals surface area contributed by atoms with Crippen LogP contribution in [0.3, 0.4) is 0 Å². The predicted molar refractivity (Wildman–Crippen MR) is 70.7 cm³/mol. The average molecular weight is 248 g/mol. The minimum Gasteiger partial charge on any atom is -0.311 e. The van der Waals surface area contributed by atoms with E-state index in [1.54, 1.807) is 6.08 Å². The zero-order chi connectivity index (χ0) is 13.0. The molecule has 1 fully saturated rings. The van der Waals surface area contributed by atoms with Crippen molar-refractivity contribution in [1.82, 2.24) is 5.32 Å². The van der Waals surface area contributed by atoms with Crippen molar-refractivity contribution >= 4 is 10.0 Å². The van der Waals surface area contributed by atoms with E-state index in [2.05, 4.69) is 36.1 Å². The Labute approximate surface area is 99.7 Å². The van der Waals surface area contributed by atoms with Gasteiger partial charge in [-0.1, -0.05) is 18.2 Å². The summed E-state index contributed by atoms with van der Waals surface area (Å²) < 4.78 is 18.8. The fourth-order valence-electron chi connectivity index (χ4n) is 1.11. The fraction of sp³-hybridized carbons (Fsp3) is 0.636. The van der Waals surface area contributed by atoms with Gasteiger partial charge in [0.05, 0.1) is 6.26 Å². The lowest BCUT2D eigenvalue weighted by Crippen LogP contribution is -2.17. The van der Waals surface area contributed by atoms with Crippen LogP contribution in [0.5, 0.6) is 0 Å². The molecule has 16 heavy (non-hydrogen) atoms. The normalized spacial score (nSPS) is 19.4. The van der Waals surface area contributed by atoms with Gasteiger partial charge < -0.3 is 5.32 Å². The molecular formula is C11H24N2O2S. The van der Waals surface area contributed by atoms with Crippen LogP contribution in [0.15, 0.2) is 24.8 Å². The van der Waals surface area contributed by atoms with Crippen molar-refractivity contribution in [2.75, 3.05) is 12.8 Å². The van der Waals surface area contributed by atoms with Crippen molar-refractivity contribution in [1.29, 1.82) is 0 Å². The number of nitrogens with two attached hydrogens (primary N) is 1. The highest BCUT2D eigenvalue weighted by Crippen LogP contribution is 2.04. The molecule has 0 spiro atoms. The third kappa shape index (κ3) is 23.3. The van der Waals surface area contributed by atoms with Crippen LogP contribution in [0.25, 0.3) is 0 Å². The predicted octanol–water partition coefficient (Wildman–Crippen LogP) is 1.41. The van der Waals surface area contributed by atoms with Gasteiger partial charge in [0, 0.05) is 6.04 Å². The molecule has 1 atom stereocenters. The second kappa shape index (κ2) is 10.9. The molecule has 4 nitrogen and oxygen atoms in total. The SMILES string of the molecule is C/C=C/C1CCCN1.C=CC.CS(N)(=O)=O. The van der Waals surface area contributed by atoms with Crippen molar-refractivity contribution in [2.45, 2.75) is 32.7 Å². The summed E-state index contributed by atoms with van der Waals surface area (Å²) in [6.45, 7) is 8.52. The van der Waals surface area contributed by atoms with Crippen molar-refractivity contribution < 1.29 is 8.42 Å². The molecule has 0 aromatic rings. The maximum atomic E-state index is 9.41. The topological polar surface area (TPSA) is 72.2 Å². The van der Waals surface area contributed by atoms with Crippen molar-refractivity contribution in [3.63, 3.8) is 0 Å². The van der Waals surface area contributed by atoms with E-state index in [1.807, 2.05) is 6.92 Å². The molecule has 1 heterocycles. The summed E-state index contributed by atoms with van der Waals surface area (Å²) in [5, 5.41) is 7.70. The van der Waals surface area contributed by atoms with Crippen molar-refractivity contribution in [3.8, 4) is 0 Å². The molecule has 0 aromatic heterocycles. The number of hydrogen-bond acceptors (Lipinski definition) is 3. The number of primary sulfonamides is 1. The molecule has 0 amide bonds. The van der Waals surface area contributed by atoms with Gasteiger partial charge in [0.2, 0.25) is 10.0 Å². The molecule has 1 aliphatic rings. The molecule has 1 unspecified atom stereocenters. The van der Waals surface area contributed by atoms with Crippen LogP contribution in [0.1, 0.15) is 26.7 Å².